The van der Waals surface area contributed by atoms with Crippen LogP contribution in [0.5, 0.6) is 0 Å². The van der Waals surface area contributed by atoms with Gasteiger partial charge in [-0.25, -0.2) is 0 Å². The molecular weight excluding hydrogens is 216 g/mol. The topological polar surface area (TPSA) is 0 Å². The van der Waals surface area contributed by atoms with Crippen LogP contribution in [0.25, 0.3) is 6.08 Å². The van der Waals surface area contributed by atoms with Crippen LogP contribution in [0.4, 0.5) is 0 Å². The standard InChI is InChI=1S/C18H22/c1-4-9-16(2)10-8-11-17(3)14-15-18-12-6-5-7-13-18/h5-15H,4H2,1-3H3/b10-8+,15-14+,16-9+,17-11+. The normalized spacial score (nSPS) is 13.7. The molecule has 94 valence electrons. The number of benzene rings is 1. The molecular formula is C18H22. The Bertz CT molecular complexity index is 456. The van der Waals surface area contributed by atoms with Crippen molar-refractivity contribution in [2.45, 2.75) is 27.2 Å². The average molecular weight is 238 g/mol. The Balaban J connectivity index is 2.58. The van der Waals surface area contributed by atoms with Crippen LogP contribution in [0.3, 0.4) is 0 Å². The zero-order chi connectivity index (χ0) is 13.2. The lowest BCUT2D eigenvalue weighted by Crippen LogP contribution is -1.71. The molecule has 0 bridgehead atoms. The van der Waals surface area contributed by atoms with Crippen molar-refractivity contribution in [1.29, 1.82) is 0 Å². The average Bonchev–Trinajstić information content (AvgIpc) is 2.38. The molecule has 0 aliphatic carbocycles. The lowest BCUT2D eigenvalue weighted by molar-refractivity contribution is 1.20. The first kappa shape index (κ1) is 14.2. The van der Waals surface area contributed by atoms with Crippen molar-refractivity contribution in [1.82, 2.24) is 0 Å². The third-order valence-electron chi connectivity index (χ3n) is 2.58. The molecule has 0 fully saturated rings. The van der Waals surface area contributed by atoms with Gasteiger partial charge in [-0.2, -0.15) is 0 Å². The first-order valence-corrected chi connectivity index (χ1v) is 6.47. The first-order chi connectivity index (χ1) is 8.72. The van der Waals surface area contributed by atoms with E-state index in [9.17, 15) is 0 Å². The van der Waals surface area contributed by atoms with Crippen LogP contribution in [0.15, 0.2) is 71.9 Å². The molecule has 18 heavy (non-hydrogen) atoms. The van der Waals surface area contributed by atoms with E-state index in [1.165, 1.54) is 16.7 Å². The molecule has 1 aromatic rings. The van der Waals surface area contributed by atoms with Gasteiger partial charge in [0.05, 0.1) is 0 Å². The van der Waals surface area contributed by atoms with Gasteiger partial charge >= 0.3 is 0 Å². The van der Waals surface area contributed by atoms with Crippen molar-refractivity contribution >= 4 is 6.08 Å². The second-order valence-electron chi connectivity index (χ2n) is 4.37. The fraction of sp³-hybridized carbons (Fsp3) is 0.222. The van der Waals surface area contributed by atoms with Crippen molar-refractivity contribution in [3.05, 3.63) is 77.4 Å². The van der Waals surface area contributed by atoms with E-state index < -0.39 is 0 Å². The van der Waals surface area contributed by atoms with Crippen molar-refractivity contribution < 1.29 is 0 Å². The van der Waals surface area contributed by atoms with Gasteiger partial charge in [-0.15, -0.1) is 0 Å². The Hall–Kier alpha value is -1.82. The van der Waals surface area contributed by atoms with Gasteiger partial charge in [0.2, 0.25) is 0 Å². The molecule has 0 aromatic heterocycles. The maximum atomic E-state index is 2.22. The summed E-state index contributed by atoms with van der Waals surface area (Å²) >= 11 is 0. The van der Waals surface area contributed by atoms with Crippen molar-refractivity contribution in [3.8, 4) is 0 Å². The summed E-state index contributed by atoms with van der Waals surface area (Å²) in [7, 11) is 0. The van der Waals surface area contributed by atoms with Gasteiger partial charge in [0.15, 0.2) is 0 Å². The molecule has 0 radical (unpaired) electrons. The predicted octanol–water partition coefficient (Wildman–Crippen LogP) is 5.56. The molecule has 0 N–H and O–H groups in total. The molecule has 1 aromatic carbocycles. The van der Waals surface area contributed by atoms with Crippen LogP contribution < -0.4 is 0 Å². The summed E-state index contributed by atoms with van der Waals surface area (Å²) in [5.74, 6) is 0. The van der Waals surface area contributed by atoms with E-state index in [4.69, 9.17) is 0 Å². The minimum atomic E-state index is 1.09. The van der Waals surface area contributed by atoms with Gasteiger partial charge in [-0.05, 0) is 25.8 Å². The smallest absolute Gasteiger partial charge is 0.0257 e. The number of rotatable bonds is 5. The highest BCUT2D eigenvalue weighted by Gasteiger charge is 1.84. The molecule has 0 nitrogen and oxygen atoms in total. The van der Waals surface area contributed by atoms with E-state index in [0.29, 0.717) is 0 Å². The monoisotopic (exact) mass is 238 g/mol. The molecule has 0 unspecified atom stereocenters. The summed E-state index contributed by atoms with van der Waals surface area (Å²) in [6.07, 6.45) is 14.0. The van der Waals surface area contributed by atoms with E-state index >= 15 is 0 Å². The van der Waals surface area contributed by atoms with Crippen molar-refractivity contribution in [2.24, 2.45) is 0 Å². The van der Waals surface area contributed by atoms with E-state index in [1.807, 2.05) is 6.07 Å². The van der Waals surface area contributed by atoms with Crippen LogP contribution in [0.1, 0.15) is 32.8 Å². The fourth-order valence-corrected chi connectivity index (χ4v) is 1.59. The third kappa shape index (κ3) is 6.05. The minimum Gasteiger partial charge on any atom is -0.0819 e. The lowest BCUT2D eigenvalue weighted by atomic mass is 10.1. The zero-order valence-electron chi connectivity index (χ0n) is 11.6. The maximum absolute atomic E-state index is 2.22. The molecule has 0 aliphatic heterocycles. The first-order valence-electron chi connectivity index (χ1n) is 6.47. The van der Waals surface area contributed by atoms with E-state index in [0.717, 1.165) is 6.42 Å². The Morgan fingerprint density at radius 3 is 2.39 bits per heavy atom. The summed E-state index contributed by atoms with van der Waals surface area (Å²) in [5.41, 5.74) is 3.80. The van der Waals surface area contributed by atoms with Gasteiger partial charge in [0.1, 0.15) is 0 Å². The molecule has 0 saturated carbocycles. The van der Waals surface area contributed by atoms with Gasteiger partial charge in [-0.3, -0.25) is 0 Å². The molecule has 0 saturated heterocycles. The minimum absolute atomic E-state index is 1.09. The van der Waals surface area contributed by atoms with Crippen molar-refractivity contribution in [3.63, 3.8) is 0 Å². The maximum Gasteiger partial charge on any atom is -0.0257 e. The van der Waals surface area contributed by atoms with Crippen LogP contribution in [-0.2, 0) is 0 Å². The SMILES string of the molecule is CC/C=C(C)/C=C/C=C(C)/C=C/c1ccccc1. The summed E-state index contributed by atoms with van der Waals surface area (Å²) in [5, 5.41) is 0. The molecule has 0 atom stereocenters. The Morgan fingerprint density at radius 2 is 1.72 bits per heavy atom. The van der Waals surface area contributed by atoms with E-state index in [-0.39, 0.29) is 0 Å². The van der Waals surface area contributed by atoms with Gasteiger partial charge in [0.25, 0.3) is 0 Å². The highest BCUT2D eigenvalue weighted by molar-refractivity contribution is 5.52. The molecule has 0 heterocycles. The Kier molecular flexibility index (Phi) is 6.56. The third-order valence-corrected chi connectivity index (χ3v) is 2.58. The molecule has 0 heteroatoms. The van der Waals surface area contributed by atoms with E-state index in [1.54, 1.807) is 0 Å². The number of allylic oxidation sites excluding steroid dienone is 7. The Labute approximate surface area is 111 Å². The lowest BCUT2D eigenvalue weighted by Gasteiger charge is -1.92. The molecule has 0 aliphatic rings. The quantitative estimate of drug-likeness (QED) is 0.589. The fourth-order valence-electron chi connectivity index (χ4n) is 1.59. The second kappa shape index (κ2) is 8.30. The largest absolute Gasteiger partial charge is 0.0819 e. The zero-order valence-corrected chi connectivity index (χ0v) is 11.6. The summed E-state index contributed by atoms with van der Waals surface area (Å²) in [6.45, 7) is 6.40. The van der Waals surface area contributed by atoms with Crippen LogP contribution in [0, 0.1) is 0 Å². The second-order valence-corrected chi connectivity index (χ2v) is 4.37. The highest BCUT2D eigenvalue weighted by Crippen LogP contribution is 2.05. The predicted molar refractivity (Wildman–Crippen MR) is 82.4 cm³/mol. The summed E-state index contributed by atoms with van der Waals surface area (Å²) < 4.78 is 0. The molecule has 0 amide bonds. The van der Waals surface area contributed by atoms with Gasteiger partial charge in [0, 0.05) is 0 Å². The number of hydrogen-bond donors (Lipinski definition) is 0. The van der Waals surface area contributed by atoms with Crippen LogP contribution >= 0.6 is 0 Å². The van der Waals surface area contributed by atoms with Crippen LogP contribution in [0.2, 0.25) is 0 Å². The van der Waals surface area contributed by atoms with Crippen LogP contribution in [-0.4, -0.2) is 0 Å². The molecule has 0 spiro atoms. The van der Waals surface area contributed by atoms with Gasteiger partial charge < -0.3 is 0 Å². The van der Waals surface area contributed by atoms with Gasteiger partial charge in [-0.1, -0.05) is 84.9 Å². The highest BCUT2D eigenvalue weighted by atomic mass is 13.9. The summed E-state index contributed by atoms with van der Waals surface area (Å²) in [4.78, 5) is 0. The van der Waals surface area contributed by atoms with E-state index in [2.05, 4.69) is 81.5 Å². The summed E-state index contributed by atoms with van der Waals surface area (Å²) in [6, 6.07) is 10.3. The van der Waals surface area contributed by atoms with Crippen molar-refractivity contribution in [2.75, 3.05) is 0 Å². The number of hydrogen-bond acceptors (Lipinski definition) is 0. The Morgan fingerprint density at radius 1 is 1.00 bits per heavy atom. The molecule has 1 rings (SSSR count).